The predicted octanol–water partition coefficient (Wildman–Crippen LogP) is 2.05. The van der Waals surface area contributed by atoms with Gasteiger partial charge in [-0.1, -0.05) is 0 Å². The Hall–Kier alpha value is -2.51. The summed E-state index contributed by atoms with van der Waals surface area (Å²) in [5.74, 6) is -1.64. The fourth-order valence-corrected chi connectivity index (χ4v) is 1.74. The molecule has 1 aromatic carbocycles. The summed E-state index contributed by atoms with van der Waals surface area (Å²) >= 11 is 0. The third-order valence-electron chi connectivity index (χ3n) is 2.43. The lowest BCUT2D eigenvalue weighted by Crippen LogP contribution is -2.17. The van der Waals surface area contributed by atoms with Crippen molar-refractivity contribution in [1.29, 1.82) is 0 Å². The molecule has 0 radical (unpaired) electrons. The number of carboxylic acids is 1. The summed E-state index contributed by atoms with van der Waals surface area (Å²) in [6, 6.07) is 4.25. The Balaban J connectivity index is 2.46. The summed E-state index contributed by atoms with van der Waals surface area (Å²) in [4.78, 5) is 25.0. The average molecular weight is 287 g/mol. The van der Waals surface area contributed by atoms with Gasteiger partial charge in [-0.25, -0.2) is 0 Å². The van der Waals surface area contributed by atoms with Gasteiger partial charge >= 0.3 is 12.3 Å². The van der Waals surface area contributed by atoms with Crippen LogP contribution < -0.4 is 10.2 Å². The minimum Gasteiger partial charge on any atom is -0.481 e. The molecule has 0 spiro atoms. The van der Waals surface area contributed by atoms with Gasteiger partial charge in [0, 0.05) is 22.7 Å². The maximum atomic E-state index is 12.1. The van der Waals surface area contributed by atoms with Crippen LogP contribution in [-0.2, 0) is 11.2 Å². The quantitative estimate of drug-likeness (QED) is 0.905. The Morgan fingerprint density at radius 1 is 1.30 bits per heavy atom. The number of carboxylic acid groups (broad SMARTS) is 1. The first-order chi connectivity index (χ1) is 9.24. The fraction of sp³-hybridized carbons (Fsp3) is 0.167. The van der Waals surface area contributed by atoms with Gasteiger partial charge in [-0.2, -0.15) is 0 Å². The number of fused-ring (bicyclic) bond motifs is 1. The Labute approximate surface area is 109 Å². The van der Waals surface area contributed by atoms with Gasteiger partial charge in [0.25, 0.3) is 0 Å². The number of rotatable bonds is 3. The Morgan fingerprint density at radius 3 is 2.60 bits per heavy atom. The topological polar surface area (TPSA) is 79.4 Å². The molecule has 0 saturated heterocycles. The molecule has 0 saturated carbocycles. The van der Waals surface area contributed by atoms with E-state index in [1.807, 2.05) is 0 Å². The van der Waals surface area contributed by atoms with Crippen molar-refractivity contribution in [3.63, 3.8) is 0 Å². The Morgan fingerprint density at radius 2 is 2.00 bits per heavy atom. The number of alkyl halides is 3. The lowest BCUT2D eigenvalue weighted by molar-refractivity contribution is -0.274. The maximum absolute atomic E-state index is 12.1. The molecule has 0 amide bonds. The highest BCUT2D eigenvalue weighted by Crippen LogP contribution is 2.24. The van der Waals surface area contributed by atoms with E-state index in [1.165, 1.54) is 6.07 Å². The van der Waals surface area contributed by atoms with Crippen LogP contribution in [-0.4, -0.2) is 22.4 Å². The second-order valence-electron chi connectivity index (χ2n) is 3.98. The van der Waals surface area contributed by atoms with Crippen molar-refractivity contribution in [1.82, 2.24) is 4.98 Å². The molecule has 2 N–H and O–H groups in total. The molecule has 20 heavy (non-hydrogen) atoms. The standard InChI is InChI=1S/C12H8F3NO4/c13-12(14,15)20-7-1-2-9-8(5-7)10(17)3-6(16-9)4-11(18)19/h1-3,5H,4H2,(H,16,17)(H,18,19). The van der Waals surface area contributed by atoms with Gasteiger partial charge in [-0.05, 0) is 18.2 Å². The number of carbonyl (C=O) groups is 1. The highest BCUT2D eigenvalue weighted by molar-refractivity contribution is 5.81. The van der Waals surface area contributed by atoms with E-state index >= 15 is 0 Å². The molecular formula is C12H8F3NO4. The predicted molar refractivity (Wildman–Crippen MR) is 62.6 cm³/mol. The van der Waals surface area contributed by atoms with E-state index in [1.54, 1.807) is 0 Å². The summed E-state index contributed by atoms with van der Waals surface area (Å²) in [6.45, 7) is 0. The van der Waals surface area contributed by atoms with E-state index in [4.69, 9.17) is 5.11 Å². The van der Waals surface area contributed by atoms with E-state index in [0.29, 0.717) is 0 Å². The number of pyridine rings is 1. The van der Waals surface area contributed by atoms with E-state index in [-0.39, 0.29) is 23.0 Å². The highest BCUT2D eigenvalue weighted by Gasteiger charge is 2.31. The molecule has 8 heteroatoms. The second-order valence-corrected chi connectivity index (χ2v) is 3.98. The van der Waals surface area contributed by atoms with Crippen LogP contribution in [0.2, 0.25) is 0 Å². The van der Waals surface area contributed by atoms with Crippen molar-refractivity contribution in [2.24, 2.45) is 0 Å². The Bertz CT molecular complexity index is 721. The number of aromatic amines is 1. The summed E-state index contributed by atoms with van der Waals surface area (Å²) in [5.41, 5.74) is -0.176. The number of hydrogen-bond acceptors (Lipinski definition) is 3. The third kappa shape index (κ3) is 3.28. The summed E-state index contributed by atoms with van der Waals surface area (Å²) in [5, 5.41) is 8.62. The number of aromatic nitrogens is 1. The first-order valence-electron chi connectivity index (χ1n) is 5.38. The number of benzene rings is 1. The van der Waals surface area contributed by atoms with Crippen molar-refractivity contribution < 1.29 is 27.8 Å². The monoisotopic (exact) mass is 287 g/mol. The molecule has 1 aromatic heterocycles. The van der Waals surface area contributed by atoms with Crippen molar-refractivity contribution in [2.75, 3.05) is 0 Å². The lowest BCUT2D eigenvalue weighted by Gasteiger charge is -2.09. The second kappa shape index (κ2) is 4.87. The zero-order valence-corrected chi connectivity index (χ0v) is 9.82. The molecule has 5 nitrogen and oxygen atoms in total. The van der Waals surface area contributed by atoms with Crippen LogP contribution in [0.4, 0.5) is 13.2 Å². The molecule has 0 unspecified atom stereocenters. The van der Waals surface area contributed by atoms with Crippen molar-refractivity contribution in [3.05, 3.63) is 40.2 Å². The first-order valence-corrected chi connectivity index (χ1v) is 5.38. The molecule has 106 valence electrons. The van der Waals surface area contributed by atoms with Gasteiger partial charge in [-0.3, -0.25) is 9.59 Å². The minimum absolute atomic E-state index is 0.0131. The lowest BCUT2D eigenvalue weighted by atomic mass is 10.1. The molecule has 0 fully saturated rings. The smallest absolute Gasteiger partial charge is 0.481 e. The minimum atomic E-state index is -4.84. The van der Waals surface area contributed by atoms with E-state index in [0.717, 1.165) is 18.2 Å². The zero-order valence-electron chi connectivity index (χ0n) is 9.82. The molecule has 0 aliphatic heterocycles. The van der Waals surface area contributed by atoms with Crippen molar-refractivity contribution >= 4 is 16.9 Å². The molecule has 2 aromatic rings. The Kier molecular flexibility index (Phi) is 3.39. The number of ether oxygens (including phenoxy) is 1. The summed E-state index contributed by atoms with van der Waals surface area (Å²) < 4.78 is 39.9. The van der Waals surface area contributed by atoms with Gasteiger partial charge in [-0.15, -0.1) is 13.2 Å². The molecule has 0 atom stereocenters. The molecule has 0 aliphatic rings. The number of aliphatic carboxylic acids is 1. The largest absolute Gasteiger partial charge is 0.573 e. The number of H-pyrrole nitrogens is 1. The fourth-order valence-electron chi connectivity index (χ4n) is 1.74. The van der Waals surface area contributed by atoms with Crippen molar-refractivity contribution in [2.45, 2.75) is 12.8 Å². The van der Waals surface area contributed by atoms with Crippen LogP contribution in [0.3, 0.4) is 0 Å². The molecule has 2 rings (SSSR count). The molecule has 0 bridgehead atoms. The van der Waals surface area contributed by atoms with Gasteiger partial charge in [0.2, 0.25) is 0 Å². The first kappa shape index (κ1) is 13.9. The molecular weight excluding hydrogens is 279 g/mol. The van der Waals surface area contributed by atoms with Gasteiger partial charge in [0.1, 0.15) is 5.75 Å². The van der Waals surface area contributed by atoms with E-state index in [9.17, 15) is 22.8 Å². The van der Waals surface area contributed by atoms with Crippen molar-refractivity contribution in [3.8, 4) is 5.75 Å². The molecule has 1 heterocycles. The summed E-state index contributed by atoms with van der Waals surface area (Å²) in [7, 11) is 0. The number of nitrogens with one attached hydrogen (secondary N) is 1. The van der Waals surface area contributed by atoms with Crippen LogP contribution in [0.25, 0.3) is 10.9 Å². The van der Waals surface area contributed by atoms with E-state index in [2.05, 4.69) is 9.72 Å². The maximum Gasteiger partial charge on any atom is 0.573 e. The zero-order chi connectivity index (χ0) is 14.9. The highest BCUT2D eigenvalue weighted by atomic mass is 19.4. The SMILES string of the molecule is O=C(O)Cc1cc(=O)c2cc(OC(F)(F)F)ccc2[nH]1. The average Bonchev–Trinajstić information content (AvgIpc) is 2.27. The molecule has 0 aliphatic carbocycles. The van der Waals surface area contributed by atoms with Crippen LogP contribution in [0.15, 0.2) is 29.1 Å². The number of hydrogen-bond donors (Lipinski definition) is 2. The normalized spacial score (nSPS) is 11.6. The van der Waals surface area contributed by atoms with Crippen LogP contribution in [0.1, 0.15) is 5.69 Å². The van der Waals surface area contributed by atoms with Crippen LogP contribution in [0, 0.1) is 0 Å². The summed E-state index contributed by atoms with van der Waals surface area (Å²) in [6.07, 6.45) is -5.23. The number of halogens is 3. The van der Waals surface area contributed by atoms with Crippen LogP contribution in [0.5, 0.6) is 5.75 Å². The van der Waals surface area contributed by atoms with Crippen LogP contribution >= 0.6 is 0 Å². The third-order valence-corrected chi connectivity index (χ3v) is 2.43. The van der Waals surface area contributed by atoms with Gasteiger partial charge < -0.3 is 14.8 Å². The van der Waals surface area contributed by atoms with E-state index < -0.39 is 23.5 Å². The van der Waals surface area contributed by atoms with Gasteiger partial charge in [0.05, 0.1) is 6.42 Å². The van der Waals surface area contributed by atoms with Gasteiger partial charge in [0.15, 0.2) is 5.43 Å².